The smallest absolute Gasteiger partial charge is 0.349 e. The summed E-state index contributed by atoms with van der Waals surface area (Å²) >= 11 is 3.38. The number of nitrogens with zero attached hydrogens (tertiary/aromatic N) is 4. The number of aryl methyl sites for hydroxylation is 1. The minimum absolute atomic E-state index is 0.0735. The van der Waals surface area contributed by atoms with Crippen molar-refractivity contribution in [2.24, 2.45) is 0 Å². The van der Waals surface area contributed by atoms with E-state index in [-0.39, 0.29) is 5.56 Å². The number of carbonyl (C=O) groups is 1. The Kier molecular flexibility index (Phi) is 4.59. The molecular weight excluding hydrogens is 462 g/mol. The summed E-state index contributed by atoms with van der Waals surface area (Å²) in [6, 6.07) is 17.6. The van der Waals surface area contributed by atoms with Crippen LogP contribution in [0.5, 0.6) is 0 Å². The van der Waals surface area contributed by atoms with E-state index in [4.69, 9.17) is 4.42 Å². The number of nitrogens with one attached hydrogen (secondary N) is 1. The number of fused-ring (bicyclic) bond motifs is 2. The monoisotopic (exact) mass is 475 g/mol. The molecule has 0 saturated carbocycles. The van der Waals surface area contributed by atoms with Crippen molar-refractivity contribution in [3.63, 3.8) is 0 Å². The Balaban J connectivity index is 1.47. The molecule has 0 spiro atoms. The van der Waals surface area contributed by atoms with Crippen LogP contribution in [-0.2, 0) is 0 Å². The fourth-order valence-corrected chi connectivity index (χ4v) is 3.64. The van der Waals surface area contributed by atoms with Gasteiger partial charge in [-0.25, -0.2) is 4.79 Å². The van der Waals surface area contributed by atoms with Crippen LogP contribution in [0.3, 0.4) is 0 Å². The van der Waals surface area contributed by atoms with E-state index in [1.165, 1.54) is 6.07 Å². The lowest BCUT2D eigenvalue weighted by molar-refractivity contribution is 0.102. The second-order valence-electron chi connectivity index (χ2n) is 6.90. The van der Waals surface area contributed by atoms with Gasteiger partial charge in [-0.05, 0) is 55.5 Å². The van der Waals surface area contributed by atoms with Gasteiger partial charge in [-0.1, -0.05) is 28.1 Å². The van der Waals surface area contributed by atoms with Gasteiger partial charge in [0.2, 0.25) is 0 Å². The molecule has 0 fully saturated rings. The number of rotatable bonds is 3. The molecule has 3 heterocycles. The molecule has 9 heteroatoms. The zero-order valence-electron chi connectivity index (χ0n) is 16.2. The summed E-state index contributed by atoms with van der Waals surface area (Å²) < 4.78 is 7.75. The highest BCUT2D eigenvalue weighted by Gasteiger charge is 2.15. The van der Waals surface area contributed by atoms with Crippen molar-refractivity contribution in [2.45, 2.75) is 6.92 Å². The lowest BCUT2D eigenvalue weighted by Crippen LogP contribution is -2.20. The Labute approximate surface area is 183 Å². The molecule has 1 N–H and O–H groups in total. The fourth-order valence-electron chi connectivity index (χ4n) is 3.26. The third-order valence-corrected chi connectivity index (χ3v) is 5.27. The van der Waals surface area contributed by atoms with Crippen molar-refractivity contribution >= 4 is 44.1 Å². The molecular formula is C22H14BrN5O3. The predicted octanol–water partition coefficient (Wildman–Crippen LogP) is 4.22. The van der Waals surface area contributed by atoms with Gasteiger partial charge in [0.15, 0.2) is 11.5 Å². The molecule has 8 nitrogen and oxygen atoms in total. The maximum Gasteiger partial charge on any atom is 0.349 e. The molecule has 0 aliphatic carbocycles. The van der Waals surface area contributed by atoms with Gasteiger partial charge in [-0.2, -0.15) is 9.61 Å². The highest BCUT2D eigenvalue weighted by atomic mass is 79.9. The van der Waals surface area contributed by atoms with Gasteiger partial charge in [0, 0.05) is 21.1 Å². The molecule has 0 unspecified atom stereocenters. The van der Waals surface area contributed by atoms with Crippen LogP contribution in [0.4, 0.5) is 5.69 Å². The number of carbonyl (C=O) groups excluding carboxylic acids is 1. The molecule has 0 atom stereocenters. The van der Waals surface area contributed by atoms with Crippen molar-refractivity contribution in [3.8, 4) is 11.3 Å². The van der Waals surface area contributed by atoms with Crippen molar-refractivity contribution in [2.75, 3.05) is 5.32 Å². The van der Waals surface area contributed by atoms with Crippen LogP contribution in [0.25, 0.3) is 27.9 Å². The first kappa shape index (κ1) is 19.1. The molecule has 0 aliphatic rings. The van der Waals surface area contributed by atoms with E-state index in [1.54, 1.807) is 40.9 Å². The van der Waals surface area contributed by atoms with E-state index >= 15 is 0 Å². The largest absolute Gasteiger partial charge is 0.422 e. The summed E-state index contributed by atoms with van der Waals surface area (Å²) in [4.78, 5) is 25.1. The zero-order valence-corrected chi connectivity index (χ0v) is 17.8. The van der Waals surface area contributed by atoms with E-state index < -0.39 is 11.5 Å². The number of hydrogen-bond donors (Lipinski definition) is 1. The lowest BCUT2D eigenvalue weighted by atomic mass is 10.1. The third-order valence-electron chi connectivity index (χ3n) is 4.77. The Bertz CT molecular complexity index is 1540. The first-order valence-electron chi connectivity index (χ1n) is 9.32. The van der Waals surface area contributed by atoms with Crippen LogP contribution in [0.2, 0.25) is 0 Å². The summed E-state index contributed by atoms with van der Waals surface area (Å²) in [5.41, 5.74) is 2.31. The zero-order chi connectivity index (χ0) is 21.5. The first-order chi connectivity index (χ1) is 15.0. The van der Waals surface area contributed by atoms with Crippen LogP contribution in [0.1, 0.15) is 16.2 Å². The van der Waals surface area contributed by atoms with Gasteiger partial charge in [0.1, 0.15) is 11.1 Å². The molecule has 5 aromatic rings. The Morgan fingerprint density at radius 2 is 1.94 bits per heavy atom. The van der Waals surface area contributed by atoms with Gasteiger partial charge in [0.05, 0.1) is 5.69 Å². The van der Waals surface area contributed by atoms with Crippen LogP contribution in [-0.4, -0.2) is 25.7 Å². The maximum atomic E-state index is 12.8. The van der Waals surface area contributed by atoms with Crippen LogP contribution in [0.15, 0.2) is 74.3 Å². The summed E-state index contributed by atoms with van der Waals surface area (Å²) in [7, 11) is 0. The van der Waals surface area contributed by atoms with Gasteiger partial charge in [-0.3, -0.25) is 4.79 Å². The number of amides is 1. The number of aromatic nitrogens is 4. The standard InChI is InChI=1S/C22H14BrN5O3/c1-12-25-26-20-8-6-18(27-28(12)20)13-3-2-4-16(10-13)24-21(29)17-11-14-9-15(23)5-7-19(14)31-22(17)30/h2-11H,1H3,(H,24,29). The molecule has 152 valence electrons. The van der Waals surface area contributed by atoms with E-state index in [1.807, 2.05) is 25.1 Å². The SMILES string of the molecule is Cc1nnc2ccc(-c3cccc(NC(=O)c4cc5cc(Br)ccc5oc4=O)c3)nn12. The number of hydrogen-bond acceptors (Lipinski definition) is 6. The van der Waals surface area contributed by atoms with Crippen LogP contribution < -0.4 is 10.9 Å². The van der Waals surface area contributed by atoms with E-state index in [9.17, 15) is 9.59 Å². The summed E-state index contributed by atoms with van der Waals surface area (Å²) in [5.74, 6) is 0.127. The van der Waals surface area contributed by atoms with E-state index in [0.29, 0.717) is 33.8 Å². The fraction of sp³-hybridized carbons (Fsp3) is 0.0455. The number of halogens is 1. The minimum atomic E-state index is -0.696. The summed E-state index contributed by atoms with van der Waals surface area (Å²) in [6.07, 6.45) is 0. The van der Waals surface area contributed by atoms with Gasteiger partial charge >= 0.3 is 5.63 Å². The molecule has 3 aromatic heterocycles. The van der Waals surface area contributed by atoms with Crippen LogP contribution in [0, 0.1) is 6.92 Å². The normalized spacial score (nSPS) is 11.2. The molecule has 2 aromatic carbocycles. The molecule has 0 aliphatic heterocycles. The molecule has 31 heavy (non-hydrogen) atoms. The molecule has 1 amide bonds. The number of benzene rings is 2. The Morgan fingerprint density at radius 1 is 1.06 bits per heavy atom. The second kappa shape index (κ2) is 7.44. The van der Waals surface area contributed by atoms with Crippen molar-refractivity contribution in [3.05, 3.63) is 86.9 Å². The number of anilines is 1. The predicted molar refractivity (Wildman–Crippen MR) is 119 cm³/mol. The highest BCUT2D eigenvalue weighted by Crippen LogP contribution is 2.23. The van der Waals surface area contributed by atoms with Crippen molar-refractivity contribution in [1.29, 1.82) is 0 Å². The van der Waals surface area contributed by atoms with Gasteiger partial charge in [0.25, 0.3) is 5.91 Å². The molecule has 5 rings (SSSR count). The Hall–Kier alpha value is -3.85. The average Bonchev–Trinajstić information content (AvgIpc) is 3.14. The first-order valence-corrected chi connectivity index (χ1v) is 10.1. The molecule has 0 radical (unpaired) electrons. The minimum Gasteiger partial charge on any atom is -0.422 e. The van der Waals surface area contributed by atoms with Gasteiger partial charge < -0.3 is 9.73 Å². The van der Waals surface area contributed by atoms with Crippen LogP contribution >= 0.6 is 15.9 Å². The average molecular weight is 476 g/mol. The quantitative estimate of drug-likeness (QED) is 0.392. The summed E-state index contributed by atoms with van der Waals surface area (Å²) in [5, 5.41) is 16.0. The molecule has 0 bridgehead atoms. The van der Waals surface area contributed by atoms with E-state index in [2.05, 4.69) is 36.5 Å². The maximum absolute atomic E-state index is 12.8. The lowest BCUT2D eigenvalue weighted by Gasteiger charge is -2.08. The van der Waals surface area contributed by atoms with Crippen molar-refractivity contribution < 1.29 is 9.21 Å². The Morgan fingerprint density at radius 3 is 2.81 bits per heavy atom. The van der Waals surface area contributed by atoms with E-state index in [0.717, 1.165) is 10.0 Å². The van der Waals surface area contributed by atoms with Gasteiger partial charge in [-0.15, -0.1) is 10.2 Å². The van der Waals surface area contributed by atoms with Crippen molar-refractivity contribution in [1.82, 2.24) is 19.8 Å². The third kappa shape index (κ3) is 3.59. The topological polar surface area (TPSA) is 102 Å². The second-order valence-corrected chi connectivity index (χ2v) is 7.82. The molecule has 0 saturated heterocycles. The highest BCUT2D eigenvalue weighted by molar-refractivity contribution is 9.10. The summed E-state index contributed by atoms with van der Waals surface area (Å²) in [6.45, 7) is 1.82.